The van der Waals surface area contributed by atoms with Crippen LogP contribution in [0.5, 0.6) is 0 Å². The molecule has 0 bridgehead atoms. The third-order valence-corrected chi connectivity index (χ3v) is 6.37. The van der Waals surface area contributed by atoms with Gasteiger partial charge in [0.2, 0.25) is 0 Å². The van der Waals surface area contributed by atoms with Gasteiger partial charge < -0.3 is 0 Å². The second-order valence-electron chi connectivity index (χ2n) is 9.17. The molecule has 0 radical (unpaired) electrons. The fourth-order valence-corrected chi connectivity index (χ4v) is 4.67. The van der Waals surface area contributed by atoms with Crippen LogP contribution in [-0.2, 0) is 0 Å². The average Bonchev–Trinajstić information content (AvgIpc) is 2.65. The van der Waals surface area contributed by atoms with Gasteiger partial charge >= 0.3 is 0 Å². The minimum Gasteiger partial charge on any atom is -0.286 e. The third-order valence-electron chi connectivity index (χ3n) is 6.37. The van der Waals surface area contributed by atoms with Gasteiger partial charge in [-0.15, -0.1) is 6.58 Å². The van der Waals surface area contributed by atoms with E-state index in [1.807, 2.05) is 0 Å². The van der Waals surface area contributed by atoms with E-state index in [1.54, 1.807) is 0 Å². The summed E-state index contributed by atoms with van der Waals surface area (Å²) in [4.78, 5) is 5.37. The lowest BCUT2D eigenvalue weighted by Gasteiger charge is -2.43. The van der Waals surface area contributed by atoms with Crippen LogP contribution in [0.3, 0.4) is 0 Å². The van der Waals surface area contributed by atoms with Gasteiger partial charge in [-0.05, 0) is 72.4 Å². The van der Waals surface area contributed by atoms with Crippen molar-refractivity contribution in [2.75, 3.05) is 13.1 Å². The van der Waals surface area contributed by atoms with Gasteiger partial charge in [0.05, 0.1) is 6.17 Å². The van der Waals surface area contributed by atoms with Gasteiger partial charge in [-0.1, -0.05) is 71.8 Å². The van der Waals surface area contributed by atoms with Gasteiger partial charge in [0.15, 0.2) is 0 Å². The highest BCUT2D eigenvalue weighted by Gasteiger charge is 2.26. The summed E-state index contributed by atoms with van der Waals surface area (Å²) in [6.45, 7) is 22.7. The molecule has 0 fully saturated rings. The highest BCUT2D eigenvalue weighted by atomic mass is 15.4. The highest BCUT2D eigenvalue weighted by Crippen LogP contribution is 2.23. The molecule has 0 amide bonds. The standard InChI is InChI=1S/C26H54N2/c1-9-13-14-15-16-17-18-20-25(10-2)21-19-22-26(27(11-3)23(5)6)28(12-4)24(7)8/h10,23-26H,2,9,11-22H2,1,3-8H3. The molecular formula is C26H54N2. The summed E-state index contributed by atoms with van der Waals surface area (Å²) in [7, 11) is 0. The number of allylic oxidation sites excluding steroid dienone is 1. The van der Waals surface area contributed by atoms with Crippen molar-refractivity contribution in [1.29, 1.82) is 0 Å². The lowest BCUT2D eigenvalue weighted by Crippen LogP contribution is -2.53. The van der Waals surface area contributed by atoms with Crippen LogP contribution in [0.15, 0.2) is 12.7 Å². The van der Waals surface area contributed by atoms with Crippen LogP contribution in [0.2, 0.25) is 0 Å². The maximum absolute atomic E-state index is 4.14. The molecule has 168 valence electrons. The van der Waals surface area contributed by atoms with Crippen molar-refractivity contribution >= 4 is 0 Å². The molecule has 0 aliphatic rings. The van der Waals surface area contributed by atoms with E-state index in [0.717, 1.165) is 13.1 Å². The van der Waals surface area contributed by atoms with Gasteiger partial charge in [-0.3, -0.25) is 9.80 Å². The molecule has 0 aliphatic heterocycles. The van der Waals surface area contributed by atoms with E-state index in [9.17, 15) is 0 Å². The summed E-state index contributed by atoms with van der Waals surface area (Å²) in [5.74, 6) is 0.708. The van der Waals surface area contributed by atoms with Gasteiger partial charge in [0.1, 0.15) is 0 Å². The van der Waals surface area contributed by atoms with Crippen molar-refractivity contribution in [1.82, 2.24) is 9.80 Å². The van der Waals surface area contributed by atoms with Gasteiger partial charge in [0.25, 0.3) is 0 Å². The summed E-state index contributed by atoms with van der Waals surface area (Å²) < 4.78 is 0. The largest absolute Gasteiger partial charge is 0.286 e. The molecule has 0 heterocycles. The molecule has 1 atom stereocenters. The molecule has 1 unspecified atom stereocenters. The van der Waals surface area contributed by atoms with Crippen LogP contribution in [0.4, 0.5) is 0 Å². The van der Waals surface area contributed by atoms with E-state index in [1.165, 1.54) is 70.6 Å². The van der Waals surface area contributed by atoms with Crippen LogP contribution in [-0.4, -0.2) is 41.1 Å². The molecule has 0 saturated heterocycles. The third kappa shape index (κ3) is 11.6. The van der Waals surface area contributed by atoms with Crippen molar-refractivity contribution in [3.05, 3.63) is 12.7 Å². The monoisotopic (exact) mass is 394 g/mol. The lowest BCUT2D eigenvalue weighted by atomic mass is 9.94. The molecule has 2 nitrogen and oxygen atoms in total. The van der Waals surface area contributed by atoms with Crippen molar-refractivity contribution in [2.24, 2.45) is 5.92 Å². The molecule has 0 aliphatic carbocycles. The van der Waals surface area contributed by atoms with Crippen LogP contribution in [0, 0.1) is 5.92 Å². The van der Waals surface area contributed by atoms with Crippen molar-refractivity contribution in [3.8, 4) is 0 Å². The lowest BCUT2D eigenvalue weighted by molar-refractivity contribution is 0.00124. The second kappa shape index (κ2) is 17.5. The van der Waals surface area contributed by atoms with Gasteiger partial charge in [-0.2, -0.15) is 0 Å². The summed E-state index contributed by atoms with van der Waals surface area (Å²) in [5.41, 5.74) is 0. The quantitative estimate of drug-likeness (QED) is 0.125. The second-order valence-corrected chi connectivity index (χ2v) is 9.17. The van der Waals surface area contributed by atoms with Crippen molar-refractivity contribution in [2.45, 2.75) is 137 Å². The number of hydrogen-bond acceptors (Lipinski definition) is 2. The Morgan fingerprint density at radius 1 is 0.643 bits per heavy atom. The molecule has 0 aromatic heterocycles. The summed E-state index contributed by atoms with van der Waals surface area (Å²) >= 11 is 0. The fourth-order valence-electron chi connectivity index (χ4n) is 4.67. The van der Waals surface area contributed by atoms with E-state index in [2.05, 4.69) is 70.9 Å². The first kappa shape index (κ1) is 27.7. The molecule has 28 heavy (non-hydrogen) atoms. The predicted molar refractivity (Wildman–Crippen MR) is 129 cm³/mol. The maximum Gasteiger partial charge on any atom is 0.0626 e. The van der Waals surface area contributed by atoms with E-state index in [-0.39, 0.29) is 0 Å². The Hall–Kier alpha value is -0.340. The minimum atomic E-state index is 0.569. The average molecular weight is 395 g/mol. The first-order valence-corrected chi connectivity index (χ1v) is 12.6. The molecule has 0 saturated carbocycles. The van der Waals surface area contributed by atoms with Crippen molar-refractivity contribution in [3.63, 3.8) is 0 Å². The van der Waals surface area contributed by atoms with E-state index in [0.29, 0.717) is 24.2 Å². The first-order valence-electron chi connectivity index (χ1n) is 12.6. The summed E-state index contributed by atoms with van der Waals surface area (Å²) in [5, 5.41) is 0. The number of unbranched alkanes of at least 4 members (excludes halogenated alkanes) is 6. The Morgan fingerprint density at radius 3 is 1.54 bits per heavy atom. The van der Waals surface area contributed by atoms with Crippen LogP contribution < -0.4 is 0 Å². The van der Waals surface area contributed by atoms with E-state index < -0.39 is 0 Å². The SMILES string of the molecule is C=CC(CCCCCCCCC)CCCC(N(CC)C(C)C)N(CC)C(C)C. The highest BCUT2D eigenvalue weighted by molar-refractivity contribution is 4.81. The molecule has 0 aromatic carbocycles. The molecular weight excluding hydrogens is 340 g/mol. The Kier molecular flexibility index (Phi) is 17.3. The Bertz CT molecular complexity index is 334. The summed E-state index contributed by atoms with van der Waals surface area (Å²) in [6.07, 6.45) is 17.9. The van der Waals surface area contributed by atoms with Crippen LogP contribution >= 0.6 is 0 Å². The molecule has 0 N–H and O–H groups in total. The normalized spacial score (nSPS) is 13.4. The number of rotatable bonds is 19. The molecule has 0 aromatic rings. The number of hydrogen-bond donors (Lipinski definition) is 0. The van der Waals surface area contributed by atoms with Gasteiger partial charge in [-0.25, -0.2) is 0 Å². The molecule has 0 rings (SSSR count). The predicted octanol–water partition coefficient (Wildman–Crippen LogP) is 7.89. The Labute approximate surface area is 179 Å². The Balaban J connectivity index is 4.44. The summed E-state index contributed by atoms with van der Waals surface area (Å²) in [6, 6.07) is 1.21. The topological polar surface area (TPSA) is 6.48 Å². The molecule has 2 heteroatoms. The van der Waals surface area contributed by atoms with Crippen LogP contribution in [0.1, 0.15) is 119 Å². The zero-order valence-corrected chi connectivity index (χ0v) is 20.7. The zero-order valence-electron chi connectivity index (χ0n) is 20.7. The molecule has 0 spiro atoms. The van der Waals surface area contributed by atoms with E-state index >= 15 is 0 Å². The number of nitrogens with zero attached hydrogens (tertiary/aromatic N) is 2. The zero-order chi connectivity index (χ0) is 21.4. The Morgan fingerprint density at radius 2 is 1.11 bits per heavy atom. The smallest absolute Gasteiger partial charge is 0.0626 e. The minimum absolute atomic E-state index is 0.569. The van der Waals surface area contributed by atoms with Gasteiger partial charge in [0, 0.05) is 12.1 Å². The first-order chi connectivity index (χ1) is 13.4. The maximum atomic E-state index is 4.14. The van der Waals surface area contributed by atoms with E-state index in [4.69, 9.17) is 0 Å². The fraction of sp³-hybridized carbons (Fsp3) is 0.923. The van der Waals surface area contributed by atoms with Crippen LogP contribution in [0.25, 0.3) is 0 Å². The van der Waals surface area contributed by atoms with Crippen molar-refractivity contribution < 1.29 is 0 Å².